The number of amides is 1. The van der Waals surface area contributed by atoms with Crippen molar-refractivity contribution in [2.24, 2.45) is 0 Å². The molecular formula is C29H26ClN5O4S. The number of benzene rings is 2. The molecule has 0 spiro atoms. The molecule has 0 bridgehead atoms. The SMILES string of the molecule is COCC(=O)Nc1ccc(N2C(=S)N[C@H](c3ccccn3)[C@@H]2c2cccn2-c2cccc(C(=O)OC)c2)cc1Cl. The summed E-state index contributed by atoms with van der Waals surface area (Å²) in [6, 6.07) is 21.6. The monoisotopic (exact) mass is 575 g/mol. The highest BCUT2D eigenvalue weighted by Crippen LogP contribution is 2.43. The molecule has 1 aliphatic heterocycles. The summed E-state index contributed by atoms with van der Waals surface area (Å²) in [5, 5.41) is 7.03. The minimum atomic E-state index is -0.417. The van der Waals surface area contributed by atoms with Gasteiger partial charge >= 0.3 is 5.97 Å². The van der Waals surface area contributed by atoms with Crippen LogP contribution in [0.15, 0.2) is 85.2 Å². The lowest BCUT2D eigenvalue weighted by molar-refractivity contribution is -0.119. The van der Waals surface area contributed by atoms with Gasteiger partial charge in [-0.25, -0.2) is 4.79 Å². The Kier molecular flexibility index (Phi) is 8.11. The molecule has 3 heterocycles. The average molecular weight is 576 g/mol. The Hall–Kier alpha value is -4.25. The van der Waals surface area contributed by atoms with Crippen molar-refractivity contribution in [1.29, 1.82) is 0 Å². The Morgan fingerprint density at radius 3 is 2.62 bits per heavy atom. The number of thiocarbonyl (C=S) groups is 1. The molecule has 1 amide bonds. The fraction of sp³-hybridized carbons (Fsp3) is 0.172. The molecule has 40 heavy (non-hydrogen) atoms. The zero-order chi connectivity index (χ0) is 28.2. The number of aromatic nitrogens is 2. The van der Waals surface area contributed by atoms with E-state index in [1.54, 1.807) is 30.5 Å². The Morgan fingerprint density at radius 2 is 1.90 bits per heavy atom. The molecule has 1 aliphatic rings. The van der Waals surface area contributed by atoms with Gasteiger partial charge in [0.1, 0.15) is 12.6 Å². The Labute approximate surface area is 241 Å². The number of nitrogens with one attached hydrogen (secondary N) is 2. The first-order chi connectivity index (χ1) is 19.4. The van der Waals surface area contributed by atoms with Crippen LogP contribution in [0.2, 0.25) is 5.02 Å². The number of carbonyl (C=O) groups is 2. The zero-order valence-electron chi connectivity index (χ0n) is 21.7. The van der Waals surface area contributed by atoms with Gasteiger partial charge in [-0.1, -0.05) is 23.7 Å². The quantitative estimate of drug-likeness (QED) is 0.222. The molecular weight excluding hydrogens is 550 g/mol. The Balaban J connectivity index is 1.59. The average Bonchev–Trinajstić information content (AvgIpc) is 3.58. The third kappa shape index (κ3) is 5.42. The standard InChI is InChI=1S/C29H26ClN5O4S/c1-38-17-25(36)32-22-12-11-20(16-21(22)30)35-27(26(33-29(35)40)23-9-3-4-13-31-23)24-10-6-14-34(24)19-8-5-7-18(15-19)28(37)39-2/h3-16,26-27H,17H2,1-2H3,(H,32,36)(H,33,40)/t26-,27+/m1/s1. The van der Waals surface area contributed by atoms with E-state index in [2.05, 4.69) is 15.6 Å². The summed E-state index contributed by atoms with van der Waals surface area (Å²) in [4.78, 5) is 30.9. The highest BCUT2D eigenvalue weighted by molar-refractivity contribution is 7.80. The molecule has 11 heteroatoms. The number of hydrogen-bond acceptors (Lipinski definition) is 6. The largest absolute Gasteiger partial charge is 0.465 e. The molecule has 1 saturated heterocycles. The molecule has 9 nitrogen and oxygen atoms in total. The number of carbonyl (C=O) groups excluding carboxylic acids is 2. The number of halogens is 1. The van der Waals surface area contributed by atoms with E-state index in [9.17, 15) is 9.59 Å². The third-order valence-corrected chi connectivity index (χ3v) is 7.13. The van der Waals surface area contributed by atoms with Crippen molar-refractivity contribution in [2.75, 3.05) is 31.0 Å². The molecule has 0 saturated carbocycles. The molecule has 2 aromatic heterocycles. The second kappa shape index (κ2) is 11.9. The lowest BCUT2D eigenvalue weighted by Crippen LogP contribution is -2.30. The number of nitrogens with zero attached hydrogens (tertiary/aromatic N) is 3. The minimum Gasteiger partial charge on any atom is -0.465 e. The van der Waals surface area contributed by atoms with Gasteiger partial charge in [0.05, 0.1) is 35.1 Å². The second-order valence-electron chi connectivity index (χ2n) is 8.99. The first kappa shape index (κ1) is 27.3. The molecule has 2 aromatic carbocycles. The van der Waals surface area contributed by atoms with E-state index in [0.29, 0.717) is 21.4 Å². The predicted molar refractivity (Wildman–Crippen MR) is 157 cm³/mol. The fourth-order valence-electron chi connectivity index (χ4n) is 4.78. The number of esters is 1. The van der Waals surface area contributed by atoms with Crippen molar-refractivity contribution < 1.29 is 19.1 Å². The third-order valence-electron chi connectivity index (χ3n) is 6.51. The second-order valence-corrected chi connectivity index (χ2v) is 9.78. The summed E-state index contributed by atoms with van der Waals surface area (Å²) in [5.74, 6) is -0.727. The van der Waals surface area contributed by atoms with Gasteiger partial charge in [0.25, 0.3) is 0 Å². The maximum atomic E-state index is 12.2. The maximum absolute atomic E-state index is 12.2. The summed E-state index contributed by atoms with van der Waals surface area (Å²) < 4.78 is 11.8. The van der Waals surface area contributed by atoms with E-state index in [1.807, 2.05) is 64.2 Å². The summed E-state index contributed by atoms with van der Waals surface area (Å²) in [7, 11) is 2.81. The molecule has 0 aliphatic carbocycles. The highest BCUT2D eigenvalue weighted by Gasteiger charge is 2.42. The molecule has 204 valence electrons. The molecule has 2 N–H and O–H groups in total. The number of pyridine rings is 1. The van der Waals surface area contributed by atoms with Gasteiger partial charge in [-0.2, -0.15) is 0 Å². The van der Waals surface area contributed by atoms with E-state index in [0.717, 1.165) is 22.8 Å². The van der Waals surface area contributed by atoms with Crippen molar-refractivity contribution in [3.05, 3.63) is 107 Å². The van der Waals surface area contributed by atoms with Crippen LogP contribution in [-0.2, 0) is 14.3 Å². The van der Waals surface area contributed by atoms with Crippen LogP contribution in [0.3, 0.4) is 0 Å². The van der Waals surface area contributed by atoms with Crippen molar-refractivity contribution in [3.63, 3.8) is 0 Å². The van der Waals surface area contributed by atoms with Crippen LogP contribution in [0, 0.1) is 0 Å². The van der Waals surface area contributed by atoms with Crippen molar-refractivity contribution in [3.8, 4) is 5.69 Å². The molecule has 5 rings (SSSR count). The molecule has 0 radical (unpaired) electrons. The number of rotatable bonds is 8. The molecule has 1 fully saturated rings. The summed E-state index contributed by atoms with van der Waals surface area (Å²) >= 11 is 12.5. The maximum Gasteiger partial charge on any atom is 0.337 e. The summed E-state index contributed by atoms with van der Waals surface area (Å²) in [6.07, 6.45) is 3.68. The minimum absolute atomic E-state index is 0.0831. The van der Waals surface area contributed by atoms with E-state index in [4.69, 9.17) is 33.3 Å². The van der Waals surface area contributed by atoms with Crippen molar-refractivity contribution >= 4 is 52.2 Å². The molecule has 2 atom stereocenters. The van der Waals surface area contributed by atoms with E-state index >= 15 is 0 Å². The number of anilines is 2. The summed E-state index contributed by atoms with van der Waals surface area (Å²) in [6.45, 7) is -0.0831. The van der Waals surface area contributed by atoms with Gasteiger partial charge in [0.2, 0.25) is 5.91 Å². The van der Waals surface area contributed by atoms with Crippen LogP contribution in [0.5, 0.6) is 0 Å². The van der Waals surface area contributed by atoms with Crippen LogP contribution >= 0.6 is 23.8 Å². The first-order valence-electron chi connectivity index (χ1n) is 12.4. The lowest BCUT2D eigenvalue weighted by atomic mass is 10.0. The Morgan fingerprint density at radius 1 is 1.05 bits per heavy atom. The highest BCUT2D eigenvalue weighted by atomic mass is 35.5. The van der Waals surface area contributed by atoms with Gasteiger partial charge in [0.15, 0.2) is 5.11 Å². The number of hydrogen-bond donors (Lipinski definition) is 2. The van der Waals surface area contributed by atoms with Crippen LogP contribution in [-0.4, -0.2) is 47.4 Å². The smallest absolute Gasteiger partial charge is 0.337 e. The first-order valence-corrected chi connectivity index (χ1v) is 13.1. The van der Waals surface area contributed by atoms with E-state index in [1.165, 1.54) is 14.2 Å². The normalized spacial score (nSPS) is 16.5. The van der Waals surface area contributed by atoms with Crippen LogP contribution in [0.25, 0.3) is 5.69 Å². The van der Waals surface area contributed by atoms with Gasteiger partial charge in [-0.3, -0.25) is 9.78 Å². The lowest BCUT2D eigenvalue weighted by Gasteiger charge is -2.29. The Bertz CT molecular complexity index is 1560. The molecule has 4 aromatic rings. The zero-order valence-corrected chi connectivity index (χ0v) is 23.3. The van der Waals surface area contributed by atoms with E-state index < -0.39 is 5.97 Å². The van der Waals surface area contributed by atoms with Crippen molar-refractivity contribution in [2.45, 2.75) is 12.1 Å². The number of methoxy groups -OCH3 is 2. The van der Waals surface area contributed by atoms with Crippen LogP contribution in [0.4, 0.5) is 11.4 Å². The van der Waals surface area contributed by atoms with Gasteiger partial charge < -0.3 is 29.6 Å². The van der Waals surface area contributed by atoms with Gasteiger partial charge in [0, 0.05) is 36.6 Å². The van der Waals surface area contributed by atoms with Crippen molar-refractivity contribution in [1.82, 2.24) is 14.9 Å². The predicted octanol–water partition coefficient (Wildman–Crippen LogP) is 5.07. The van der Waals surface area contributed by atoms with Crippen LogP contribution in [0.1, 0.15) is 33.8 Å². The van der Waals surface area contributed by atoms with Gasteiger partial charge in [-0.15, -0.1) is 0 Å². The molecule has 0 unspecified atom stereocenters. The summed E-state index contributed by atoms with van der Waals surface area (Å²) in [5.41, 5.74) is 4.13. The fourth-order valence-corrected chi connectivity index (χ4v) is 5.34. The number of ether oxygens (including phenoxy) is 2. The van der Waals surface area contributed by atoms with Gasteiger partial charge in [-0.05, 0) is 72.9 Å². The van der Waals surface area contributed by atoms with E-state index in [-0.39, 0.29) is 24.6 Å². The topological polar surface area (TPSA) is 97.7 Å². The van der Waals surface area contributed by atoms with Crippen LogP contribution < -0.4 is 15.5 Å².